The molecule has 10 N–H and O–H groups in total. The van der Waals surface area contributed by atoms with E-state index in [0.717, 1.165) is 44.1 Å². The first-order valence-corrected chi connectivity index (χ1v) is 23.1. The predicted octanol–water partition coefficient (Wildman–Crippen LogP) is 0.310. The summed E-state index contributed by atoms with van der Waals surface area (Å²) in [7, 11) is 0. The Balaban J connectivity index is 0.998. The zero-order chi connectivity index (χ0) is 45.8. The van der Waals surface area contributed by atoms with Crippen LogP contribution in [0.3, 0.4) is 0 Å². The lowest BCUT2D eigenvalue weighted by Crippen LogP contribution is -2.65. The van der Waals surface area contributed by atoms with Gasteiger partial charge in [-0.25, -0.2) is 0 Å². The van der Waals surface area contributed by atoms with Gasteiger partial charge in [0.1, 0.15) is 67.1 Å². The maximum Gasteiger partial charge on any atom is 0.315 e. The third-order valence-electron chi connectivity index (χ3n) is 18.3. The van der Waals surface area contributed by atoms with Gasteiger partial charge >= 0.3 is 5.97 Å². The van der Waals surface area contributed by atoms with Crippen molar-refractivity contribution in [2.24, 2.45) is 44.8 Å². The summed E-state index contributed by atoms with van der Waals surface area (Å²) < 4.78 is 35.1. The molecule has 5 aliphatic carbocycles. The van der Waals surface area contributed by atoms with E-state index in [9.17, 15) is 55.9 Å². The first-order valence-electron chi connectivity index (χ1n) is 23.1. The van der Waals surface area contributed by atoms with Crippen molar-refractivity contribution >= 4 is 5.97 Å². The SMILES string of the molecule is C=C1CCC2(C(=O)OC3OC(COC4OC(CO)C(O)C(O)C4O)C(O)C(O)C3O)CCC3(C)C(=CCC4C5(C)CCC(OC6OCC(O)C(O)C6O)C(C)(C)C5CCC43C)C2C1. The number of allylic oxidation sites excluding steroid dienone is 3. The van der Waals surface area contributed by atoms with Gasteiger partial charge in [0.25, 0.3) is 0 Å². The summed E-state index contributed by atoms with van der Waals surface area (Å²) in [5.41, 5.74) is 0.560. The van der Waals surface area contributed by atoms with Gasteiger partial charge in [0.15, 0.2) is 12.6 Å². The maximum atomic E-state index is 14.8. The van der Waals surface area contributed by atoms with Crippen LogP contribution in [0.2, 0.25) is 0 Å². The molecule has 0 aromatic heterocycles. The molecule has 22 unspecified atom stereocenters. The van der Waals surface area contributed by atoms with Gasteiger partial charge in [-0.1, -0.05) is 58.4 Å². The fourth-order valence-corrected chi connectivity index (χ4v) is 14.2. The van der Waals surface area contributed by atoms with Crippen LogP contribution in [0.4, 0.5) is 0 Å². The van der Waals surface area contributed by atoms with E-state index in [-0.39, 0.29) is 46.2 Å². The number of aliphatic hydroxyl groups excluding tert-OH is 10. The zero-order valence-corrected chi connectivity index (χ0v) is 37.2. The molecule has 63 heavy (non-hydrogen) atoms. The van der Waals surface area contributed by atoms with Crippen LogP contribution in [0.5, 0.6) is 0 Å². The van der Waals surface area contributed by atoms with E-state index in [1.54, 1.807) is 0 Å². The van der Waals surface area contributed by atoms with Crippen molar-refractivity contribution < 1.29 is 84.3 Å². The quantitative estimate of drug-likeness (QED) is 0.0892. The molecule has 0 amide bonds. The van der Waals surface area contributed by atoms with Crippen molar-refractivity contribution in [2.45, 2.75) is 191 Å². The minimum atomic E-state index is -1.80. The molecule has 3 saturated heterocycles. The molecule has 3 aliphatic heterocycles. The van der Waals surface area contributed by atoms with Crippen molar-refractivity contribution in [3.05, 3.63) is 23.8 Å². The van der Waals surface area contributed by atoms with Crippen molar-refractivity contribution in [1.29, 1.82) is 0 Å². The molecule has 0 spiro atoms. The highest BCUT2D eigenvalue weighted by Crippen LogP contribution is 2.75. The Hall–Kier alpha value is -1.65. The monoisotopic (exact) mass is 896 g/mol. The minimum Gasteiger partial charge on any atom is -0.432 e. The van der Waals surface area contributed by atoms with Gasteiger partial charge in [-0.3, -0.25) is 4.79 Å². The number of aliphatic hydroxyl groups is 10. The van der Waals surface area contributed by atoms with Gasteiger partial charge in [-0.05, 0) is 97.7 Å². The Morgan fingerprint density at radius 1 is 0.746 bits per heavy atom. The van der Waals surface area contributed by atoms with E-state index in [0.29, 0.717) is 31.6 Å². The van der Waals surface area contributed by atoms with Gasteiger partial charge in [-0.15, -0.1) is 0 Å². The summed E-state index contributed by atoms with van der Waals surface area (Å²) in [6.45, 7) is 14.8. The zero-order valence-electron chi connectivity index (χ0n) is 37.2. The first kappa shape index (κ1) is 47.8. The molecule has 0 aromatic rings. The molecule has 0 aromatic carbocycles. The summed E-state index contributed by atoms with van der Waals surface area (Å²) in [5.74, 6) is -0.197. The van der Waals surface area contributed by atoms with E-state index in [4.69, 9.17) is 28.4 Å². The third kappa shape index (κ3) is 7.52. The Morgan fingerprint density at radius 2 is 1.40 bits per heavy atom. The fraction of sp³-hybridized carbons (Fsp3) is 0.891. The number of fused-ring (bicyclic) bond motifs is 7. The lowest BCUT2D eigenvalue weighted by atomic mass is 9.34. The number of hydrogen-bond acceptors (Lipinski definition) is 17. The van der Waals surface area contributed by atoms with Gasteiger partial charge in [0, 0.05) is 5.92 Å². The summed E-state index contributed by atoms with van der Waals surface area (Å²) in [4.78, 5) is 14.8. The molecule has 3 heterocycles. The van der Waals surface area contributed by atoms with E-state index in [1.807, 2.05) is 0 Å². The molecular formula is C46H72O17. The second-order valence-corrected chi connectivity index (χ2v) is 21.6. The van der Waals surface area contributed by atoms with Crippen LogP contribution in [0.25, 0.3) is 0 Å². The Bertz CT molecular complexity index is 1740. The normalized spacial score (nSPS) is 53.3. The summed E-state index contributed by atoms with van der Waals surface area (Å²) in [6.07, 6.45) is -11.7. The Kier molecular flexibility index (Phi) is 13.0. The third-order valence-corrected chi connectivity index (χ3v) is 18.3. The topological polar surface area (TPSA) is 275 Å². The summed E-state index contributed by atoms with van der Waals surface area (Å²) in [6, 6.07) is 0. The number of hydrogen-bond donors (Lipinski definition) is 10. The molecule has 17 heteroatoms. The van der Waals surface area contributed by atoms with Gasteiger partial charge in [-0.2, -0.15) is 0 Å². The molecule has 8 aliphatic rings. The molecule has 0 radical (unpaired) electrons. The van der Waals surface area contributed by atoms with Crippen molar-refractivity contribution in [1.82, 2.24) is 0 Å². The lowest BCUT2D eigenvalue weighted by molar-refractivity contribution is -0.328. The minimum absolute atomic E-state index is 0.0598. The van der Waals surface area contributed by atoms with Crippen molar-refractivity contribution in [3.63, 3.8) is 0 Å². The van der Waals surface area contributed by atoms with Crippen molar-refractivity contribution in [3.8, 4) is 0 Å². The highest BCUT2D eigenvalue weighted by atomic mass is 16.7. The van der Waals surface area contributed by atoms with E-state index >= 15 is 0 Å². The summed E-state index contributed by atoms with van der Waals surface area (Å²) >= 11 is 0. The van der Waals surface area contributed by atoms with Crippen LogP contribution in [0, 0.1) is 44.8 Å². The average Bonchev–Trinajstić information content (AvgIpc) is 3.24. The molecular weight excluding hydrogens is 824 g/mol. The summed E-state index contributed by atoms with van der Waals surface area (Å²) in [5, 5.41) is 104. The number of ether oxygens (including phenoxy) is 6. The van der Waals surface area contributed by atoms with Gasteiger partial charge in [0.2, 0.25) is 6.29 Å². The van der Waals surface area contributed by atoms with Gasteiger partial charge < -0.3 is 79.5 Å². The predicted molar refractivity (Wildman–Crippen MR) is 220 cm³/mol. The fourth-order valence-electron chi connectivity index (χ4n) is 14.2. The second kappa shape index (κ2) is 17.1. The second-order valence-electron chi connectivity index (χ2n) is 21.6. The standard InChI is InChI=1S/C46H72O17/c1-21-9-14-46(41(57)63-40-37(56)34(53)32(51)26(61-40)20-59-38-36(55)33(52)31(50)25(18-47)60-38)16-15-44(5)22(23(46)17-21)7-8-28-43(4)12-11-29(42(2,3)27(43)10-13-45(28,44)6)62-39-35(54)30(49)24(48)19-58-39/h7,23-40,47-56H,1,8-20H2,2-6H3. The van der Waals surface area contributed by atoms with E-state index in [2.05, 4.69) is 47.3 Å². The molecule has 8 rings (SSSR count). The van der Waals surface area contributed by atoms with E-state index < -0.39 is 111 Å². The number of carbonyl (C=O) groups is 1. The molecule has 22 atom stereocenters. The number of esters is 1. The highest BCUT2D eigenvalue weighted by Gasteiger charge is 2.69. The van der Waals surface area contributed by atoms with Crippen LogP contribution < -0.4 is 0 Å². The lowest BCUT2D eigenvalue weighted by Gasteiger charge is -2.71. The van der Waals surface area contributed by atoms with Crippen LogP contribution in [-0.4, -0.2) is 169 Å². The van der Waals surface area contributed by atoms with Crippen LogP contribution >= 0.6 is 0 Å². The smallest absolute Gasteiger partial charge is 0.315 e. The largest absolute Gasteiger partial charge is 0.432 e. The number of carbonyl (C=O) groups excluding carboxylic acids is 1. The Morgan fingerprint density at radius 3 is 2.10 bits per heavy atom. The molecule has 7 fully saturated rings. The van der Waals surface area contributed by atoms with E-state index in [1.165, 1.54) is 5.57 Å². The van der Waals surface area contributed by atoms with Crippen LogP contribution in [0.15, 0.2) is 23.8 Å². The highest BCUT2D eigenvalue weighted by molar-refractivity contribution is 5.79. The maximum absolute atomic E-state index is 14.8. The van der Waals surface area contributed by atoms with Crippen molar-refractivity contribution in [2.75, 3.05) is 19.8 Å². The Labute approximate surface area is 369 Å². The van der Waals surface area contributed by atoms with Crippen LogP contribution in [0.1, 0.15) is 98.8 Å². The molecule has 4 saturated carbocycles. The van der Waals surface area contributed by atoms with Crippen LogP contribution in [-0.2, 0) is 33.2 Å². The van der Waals surface area contributed by atoms with Gasteiger partial charge in [0.05, 0.1) is 31.3 Å². The molecule has 358 valence electrons. The first-order chi connectivity index (χ1) is 29.6. The molecule has 17 nitrogen and oxygen atoms in total. The number of rotatable bonds is 8. The molecule has 0 bridgehead atoms. The average molecular weight is 897 g/mol.